The van der Waals surface area contributed by atoms with Crippen molar-refractivity contribution in [2.24, 2.45) is 5.92 Å². The molecule has 98 valence electrons. The molecule has 2 aromatic rings. The molecule has 2 rings (SSSR count). The number of fused-ring (bicyclic) bond motifs is 1. The predicted octanol–water partition coefficient (Wildman–Crippen LogP) is 3.95. The van der Waals surface area contributed by atoms with Gasteiger partial charge in [-0.15, -0.1) is 0 Å². The summed E-state index contributed by atoms with van der Waals surface area (Å²) >= 11 is 3.50. The Kier molecular flexibility index (Phi) is 4.30. The van der Waals surface area contributed by atoms with Gasteiger partial charge in [0.15, 0.2) is 0 Å². The highest BCUT2D eigenvalue weighted by atomic mass is 79.9. The zero-order valence-electron chi connectivity index (χ0n) is 10.9. The van der Waals surface area contributed by atoms with Gasteiger partial charge in [-0.3, -0.25) is 0 Å². The highest BCUT2D eigenvalue weighted by Crippen LogP contribution is 2.31. The van der Waals surface area contributed by atoms with E-state index in [2.05, 4.69) is 41.2 Å². The molecular formula is C14H18BrNO2. The van der Waals surface area contributed by atoms with Gasteiger partial charge in [0.05, 0.1) is 18.1 Å². The second kappa shape index (κ2) is 5.76. The van der Waals surface area contributed by atoms with Gasteiger partial charge in [0, 0.05) is 5.39 Å². The Bertz CT molecular complexity index is 534. The zero-order valence-corrected chi connectivity index (χ0v) is 12.5. The molecule has 0 fully saturated rings. The third kappa shape index (κ3) is 3.06. The first-order valence-electron chi connectivity index (χ1n) is 6.07. The Balaban J connectivity index is 2.19. The molecule has 0 bridgehead atoms. The molecule has 0 atom stereocenters. The molecule has 0 spiro atoms. The standard InChI is InChI=1S/C14H18BrNO2/c1-9(2)7-16-8-12-5-10-4-11(17-3)6-13(15)14(10)18-12/h4-6,9,16H,7-8H2,1-3H3. The Labute approximate surface area is 116 Å². The third-order valence-electron chi connectivity index (χ3n) is 2.68. The Morgan fingerprint density at radius 3 is 2.78 bits per heavy atom. The van der Waals surface area contributed by atoms with E-state index >= 15 is 0 Å². The van der Waals surface area contributed by atoms with Crippen LogP contribution < -0.4 is 10.1 Å². The van der Waals surface area contributed by atoms with Gasteiger partial charge in [0.2, 0.25) is 0 Å². The van der Waals surface area contributed by atoms with Crippen LogP contribution in [0.15, 0.2) is 27.1 Å². The van der Waals surface area contributed by atoms with Crippen molar-refractivity contribution < 1.29 is 9.15 Å². The van der Waals surface area contributed by atoms with Crippen molar-refractivity contribution in [3.8, 4) is 5.75 Å². The molecule has 0 radical (unpaired) electrons. The predicted molar refractivity (Wildman–Crippen MR) is 77.0 cm³/mol. The number of furan rings is 1. The van der Waals surface area contributed by atoms with Crippen LogP contribution in [0.2, 0.25) is 0 Å². The van der Waals surface area contributed by atoms with E-state index in [0.29, 0.717) is 5.92 Å². The molecule has 1 heterocycles. The minimum Gasteiger partial charge on any atom is -0.497 e. The summed E-state index contributed by atoms with van der Waals surface area (Å²) in [7, 11) is 1.67. The van der Waals surface area contributed by atoms with E-state index in [9.17, 15) is 0 Å². The lowest BCUT2D eigenvalue weighted by Crippen LogP contribution is -2.18. The minimum absolute atomic E-state index is 0.640. The van der Waals surface area contributed by atoms with Crippen molar-refractivity contribution in [3.05, 3.63) is 28.4 Å². The van der Waals surface area contributed by atoms with Gasteiger partial charge >= 0.3 is 0 Å². The van der Waals surface area contributed by atoms with Gasteiger partial charge < -0.3 is 14.5 Å². The second-order valence-electron chi connectivity index (χ2n) is 4.77. The summed E-state index contributed by atoms with van der Waals surface area (Å²) in [5.74, 6) is 2.41. The molecule has 0 saturated carbocycles. The number of halogens is 1. The monoisotopic (exact) mass is 311 g/mol. The van der Waals surface area contributed by atoms with E-state index in [-0.39, 0.29) is 0 Å². The molecule has 1 aromatic carbocycles. The number of nitrogens with one attached hydrogen (secondary N) is 1. The van der Waals surface area contributed by atoms with E-state index in [1.165, 1.54) is 0 Å². The zero-order chi connectivity index (χ0) is 13.1. The van der Waals surface area contributed by atoms with E-state index in [0.717, 1.165) is 40.0 Å². The van der Waals surface area contributed by atoms with Crippen LogP contribution in [0.1, 0.15) is 19.6 Å². The fourth-order valence-corrected chi connectivity index (χ4v) is 2.36. The number of ether oxygens (including phenoxy) is 1. The van der Waals surface area contributed by atoms with Crippen LogP contribution in [0, 0.1) is 5.92 Å². The number of benzene rings is 1. The molecule has 1 aromatic heterocycles. The fourth-order valence-electron chi connectivity index (χ4n) is 1.83. The van der Waals surface area contributed by atoms with Crippen LogP contribution in [-0.4, -0.2) is 13.7 Å². The second-order valence-corrected chi connectivity index (χ2v) is 5.62. The maximum atomic E-state index is 5.82. The van der Waals surface area contributed by atoms with Crippen molar-refractivity contribution in [1.29, 1.82) is 0 Å². The van der Waals surface area contributed by atoms with Gasteiger partial charge in [0.1, 0.15) is 17.1 Å². The van der Waals surface area contributed by atoms with Crippen LogP contribution in [0.25, 0.3) is 11.0 Å². The summed E-state index contributed by atoms with van der Waals surface area (Å²) in [5.41, 5.74) is 0.872. The fraction of sp³-hybridized carbons (Fsp3) is 0.429. The summed E-state index contributed by atoms with van der Waals surface area (Å²) in [6, 6.07) is 5.95. The molecule has 3 nitrogen and oxygen atoms in total. The summed E-state index contributed by atoms with van der Waals surface area (Å²) in [5, 5.41) is 4.43. The van der Waals surface area contributed by atoms with Gasteiger partial charge in [-0.1, -0.05) is 13.8 Å². The molecule has 0 aliphatic heterocycles. The molecule has 4 heteroatoms. The number of methoxy groups -OCH3 is 1. The number of hydrogen-bond acceptors (Lipinski definition) is 3. The highest BCUT2D eigenvalue weighted by molar-refractivity contribution is 9.10. The summed E-state index contributed by atoms with van der Waals surface area (Å²) in [6.45, 7) is 6.11. The molecule has 0 amide bonds. The lowest BCUT2D eigenvalue weighted by Gasteiger charge is -2.04. The van der Waals surface area contributed by atoms with Crippen molar-refractivity contribution in [3.63, 3.8) is 0 Å². The van der Waals surface area contributed by atoms with Crippen LogP contribution in [0.3, 0.4) is 0 Å². The highest BCUT2D eigenvalue weighted by Gasteiger charge is 2.09. The molecule has 0 unspecified atom stereocenters. The molecule has 0 saturated heterocycles. The largest absolute Gasteiger partial charge is 0.497 e. The molecule has 0 aliphatic carbocycles. The van der Waals surface area contributed by atoms with Crippen molar-refractivity contribution >= 4 is 26.9 Å². The van der Waals surface area contributed by atoms with Crippen LogP contribution >= 0.6 is 15.9 Å². The van der Waals surface area contributed by atoms with Gasteiger partial charge in [-0.2, -0.15) is 0 Å². The lowest BCUT2D eigenvalue weighted by atomic mass is 10.2. The first-order valence-corrected chi connectivity index (χ1v) is 6.86. The maximum Gasteiger partial charge on any atom is 0.148 e. The van der Waals surface area contributed by atoms with E-state index in [4.69, 9.17) is 9.15 Å². The van der Waals surface area contributed by atoms with Gasteiger partial charge in [0.25, 0.3) is 0 Å². The van der Waals surface area contributed by atoms with E-state index in [1.807, 2.05) is 12.1 Å². The quantitative estimate of drug-likeness (QED) is 0.908. The van der Waals surface area contributed by atoms with Gasteiger partial charge in [-0.05, 0) is 46.6 Å². The normalized spacial score (nSPS) is 11.4. The van der Waals surface area contributed by atoms with Crippen LogP contribution in [0.4, 0.5) is 0 Å². The smallest absolute Gasteiger partial charge is 0.148 e. The summed E-state index contributed by atoms with van der Waals surface area (Å²) in [6.07, 6.45) is 0. The SMILES string of the molecule is COc1cc(Br)c2oc(CNCC(C)C)cc2c1. The maximum absolute atomic E-state index is 5.82. The lowest BCUT2D eigenvalue weighted by molar-refractivity contribution is 0.415. The van der Waals surface area contributed by atoms with Crippen LogP contribution in [0.5, 0.6) is 5.75 Å². The van der Waals surface area contributed by atoms with Gasteiger partial charge in [-0.25, -0.2) is 0 Å². The topological polar surface area (TPSA) is 34.4 Å². The van der Waals surface area contributed by atoms with Crippen molar-refractivity contribution in [2.75, 3.05) is 13.7 Å². The van der Waals surface area contributed by atoms with E-state index < -0.39 is 0 Å². The number of hydrogen-bond donors (Lipinski definition) is 1. The first kappa shape index (κ1) is 13.4. The van der Waals surface area contributed by atoms with Crippen molar-refractivity contribution in [1.82, 2.24) is 5.32 Å². The Hall–Kier alpha value is -1.00. The summed E-state index contributed by atoms with van der Waals surface area (Å²) in [4.78, 5) is 0. The molecule has 1 N–H and O–H groups in total. The molecular weight excluding hydrogens is 294 g/mol. The Morgan fingerprint density at radius 1 is 1.33 bits per heavy atom. The average Bonchev–Trinajstić information content (AvgIpc) is 2.71. The number of rotatable bonds is 5. The molecule has 18 heavy (non-hydrogen) atoms. The van der Waals surface area contributed by atoms with E-state index in [1.54, 1.807) is 7.11 Å². The van der Waals surface area contributed by atoms with Crippen molar-refractivity contribution in [2.45, 2.75) is 20.4 Å². The molecule has 0 aliphatic rings. The average molecular weight is 312 g/mol. The Morgan fingerprint density at radius 2 is 2.11 bits per heavy atom. The summed E-state index contributed by atoms with van der Waals surface area (Å²) < 4.78 is 12.0. The first-order chi connectivity index (χ1) is 8.60. The van der Waals surface area contributed by atoms with Crippen LogP contribution in [-0.2, 0) is 6.54 Å². The third-order valence-corrected chi connectivity index (χ3v) is 3.27. The minimum atomic E-state index is 0.640.